The number of anilines is 2. The monoisotopic (exact) mass is 461 g/mol. The van der Waals surface area contributed by atoms with Crippen LogP contribution in [-0.4, -0.2) is 46.0 Å². The van der Waals surface area contributed by atoms with Gasteiger partial charge in [-0.2, -0.15) is 0 Å². The van der Waals surface area contributed by atoms with E-state index in [4.69, 9.17) is 11.6 Å². The largest absolute Gasteiger partial charge is 0.487 e. The Morgan fingerprint density at radius 1 is 1.22 bits per heavy atom. The highest BCUT2D eigenvalue weighted by Gasteiger charge is 2.27. The van der Waals surface area contributed by atoms with E-state index in [0.717, 1.165) is 11.3 Å². The van der Waals surface area contributed by atoms with E-state index in [2.05, 4.69) is 25.3 Å². The minimum atomic E-state index is -3.81. The van der Waals surface area contributed by atoms with Gasteiger partial charge in [0.15, 0.2) is 0 Å². The van der Waals surface area contributed by atoms with Crippen molar-refractivity contribution < 1.29 is 23.4 Å². The number of β-amino-alcohol motifs (C(OH)–C–C–N with tert-alkyl or cyclic N) is 1. The Labute approximate surface area is 186 Å². The molecule has 1 saturated heterocycles. The standard InChI is InChI=1S/C21H18ClF2N5O3/c22-21(23,24)32-16-4-2-15(3-5-16)28-20(31)13-1-6-18(29-10-19(30)27-12-29)17(7-13)14-8-25-11-26-9-14/h1-9,11,19,27,30H,10,12H2,(H,28,31). The number of carbonyl (C=O) groups is 1. The van der Waals surface area contributed by atoms with Crippen molar-refractivity contribution in [2.45, 2.75) is 11.8 Å². The van der Waals surface area contributed by atoms with Crippen molar-refractivity contribution in [3.63, 3.8) is 0 Å². The summed E-state index contributed by atoms with van der Waals surface area (Å²) >= 11 is 4.75. The van der Waals surface area contributed by atoms with E-state index >= 15 is 0 Å². The Bertz CT molecular complexity index is 1100. The maximum atomic E-state index is 12.8. The summed E-state index contributed by atoms with van der Waals surface area (Å²) < 4.78 is 29.7. The number of rotatable bonds is 6. The molecule has 1 aromatic heterocycles. The molecule has 2 heterocycles. The second kappa shape index (κ2) is 9.03. The first kappa shape index (κ1) is 21.9. The zero-order valence-electron chi connectivity index (χ0n) is 16.5. The van der Waals surface area contributed by atoms with Crippen LogP contribution in [0.5, 0.6) is 5.75 Å². The van der Waals surface area contributed by atoms with Crippen molar-refractivity contribution in [3.8, 4) is 16.9 Å². The minimum absolute atomic E-state index is 0.139. The Morgan fingerprint density at radius 2 is 1.94 bits per heavy atom. The maximum Gasteiger partial charge on any atom is 0.487 e. The average Bonchev–Trinajstić information content (AvgIpc) is 3.20. The third-order valence-electron chi connectivity index (χ3n) is 4.73. The number of hydrogen-bond donors (Lipinski definition) is 3. The van der Waals surface area contributed by atoms with E-state index in [9.17, 15) is 18.7 Å². The fourth-order valence-electron chi connectivity index (χ4n) is 3.30. The van der Waals surface area contributed by atoms with Gasteiger partial charge in [0.25, 0.3) is 5.91 Å². The molecular formula is C21H18ClF2N5O3. The highest BCUT2D eigenvalue weighted by molar-refractivity contribution is 6.20. The summed E-state index contributed by atoms with van der Waals surface area (Å²) in [5.41, 5.74) is -0.813. The van der Waals surface area contributed by atoms with Gasteiger partial charge in [0, 0.05) is 52.1 Å². The van der Waals surface area contributed by atoms with E-state index in [1.165, 1.54) is 30.6 Å². The molecule has 1 unspecified atom stereocenters. The predicted molar refractivity (Wildman–Crippen MR) is 115 cm³/mol. The summed E-state index contributed by atoms with van der Waals surface area (Å²) in [6, 6.07) is 10.5. The molecule has 0 aliphatic carbocycles. The number of hydrogen-bond acceptors (Lipinski definition) is 7. The molecule has 3 aromatic rings. The van der Waals surface area contributed by atoms with Crippen molar-refractivity contribution in [1.29, 1.82) is 0 Å². The van der Waals surface area contributed by atoms with Crippen LogP contribution in [0.3, 0.4) is 0 Å². The molecular weight excluding hydrogens is 444 g/mol. The fraction of sp³-hybridized carbons (Fsp3) is 0.190. The lowest BCUT2D eigenvalue weighted by Crippen LogP contribution is -2.22. The van der Waals surface area contributed by atoms with Gasteiger partial charge in [-0.1, -0.05) is 0 Å². The summed E-state index contributed by atoms with van der Waals surface area (Å²) in [7, 11) is 0. The minimum Gasteiger partial charge on any atom is -0.420 e. The smallest absolute Gasteiger partial charge is 0.420 e. The highest BCUT2D eigenvalue weighted by Crippen LogP contribution is 2.32. The highest BCUT2D eigenvalue weighted by atomic mass is 35.5. The van der Waals surface area contributed by atoms with Crippen LogP contribution in [-0.2, 0) is 0 Å². The molecule has 1 aliphatic heterocycles. The zero-order chi connectivity index (χ0) is 22.7. The van der Waals surface area contributed by atoms with Crippen LogP contribution in [0.15, 0.2) is 61.2 Å². The number of aromatic nitrogens is 2. The van der Waals surface area contributed by atoms with Gasteiger partial charge in [0.05, 0.1) is 13.2 Å². The number of ether oxygens (including phenoxy) is 1. The normalized spacial score (nSPS) is 16.1. The van der Waals surface area contributed by atoms with Gasteiger partial charge in [0.1, 0.15) is 18.3 Å². The zero-order valence-corrected chi connectivity index (χ0v) is 17.3. The molecule has 0 radical (unpaired) electrons. The van der Waals surface area contributed by atoms with E-state index in [1.54, 1.807) is 30.6 Å². The van der Waals surface area contributed by atoms with Gasteiger partial charge >= 0.3 is 5.57 Å². The van der Waals surface area contributed by atoms with Gasteiger partial charge in [0.2, 0.25) is 0 Å². The Hall–Kier alpha value is -3.34. The molecule has 0 bridgehead atoms. The Morgan fingerprint density at radius 3 is 2.56 bits per heavy atom. The molecule has 32 heavy (non-hydrogen) atoms. The quantitative estimate of drug-likeness (QED) is 0.484. The van der Waals surface area contributed by atoms with Crippen LogP contribution in [0.25, 0.3) is 11.1 Å². The van der Waals surface area contributed by atoms with Crippen molar-refractivity contribution in [2.75, 3.05) is 23.4 Å². The molecule has 3 N–H and O–H groups in total. The molecule has 1 amide bonds. The predicted octanol–water partition coefficient (Wildman–Crippen LogP) is 3.25. The Balaban J connectivity index is 1.57. The summed E-state index contributed by atoms with van der Waals surface area (Å²) in [6.45, 7) is 0.838. The summed E-state index contributed by atoms with van der Waals surface area (Å²) in [6.07, 6.45) is 4.04. The lowest BCUT2D eigenvalue weighted by molar-refractivity contribution is -0.0964. The maximum absolute atomic E-state index is 12.8. The third kappa shape index (κ3) is 5.28. The molecule has 4 rings (SSSR count). The van der Waals surface area contributed by atoms with Crippen molar-refractivity contribution in [1.82, 2.24) is 15.3 Å². The van der Waals surface area contributed by atoms with Crippen LogP contribution in [0.1, 0.15) is 10.4 Å². The number of aliphatic hydroxyl groups is 1. The first-order chi connectivity index (χ1) is 15.3. The number of aliphatic hydroxyl groups excluding tert-OH is 1. The summed E-state index contributed by atoms with van der Waals surface area (Å²) in [5, 5.41) is 15.5. The number of benzene rings is 2. The number of alkyl halides is 3. The number of nitrogens with one attached hydrogen (secondary N) is 2. The van der Waals surface area contributed by atoms with E-state index < -0.39 is 17.7 Å². The fourth-order valence-corrected chi connectivity index (χ4v) is 3.39. The van der Waals surface area contributed by atoms with Crippen molar-refractivity contribution >= 4 is 28.9 Å². The molecule has 0 saturated carbocycles. The SMILES string of the molecule is O=C(Nc1ccc(OC(F)(F)Cl)cc1)c1ccc(N2CNC(O)C2)c(-c2cncnc2)c1. The lowest BCUT2D eigenvalue weighted by Gasteiger charge is -2.21. The van der Waals surface area contributed by atoms with Crippen molar-refractivity contribution in [2.24, 2.45) is 0 Å². The first-order valence-electron chi connectivity index (χ1n) is 9.51. The second-order valence-electron chi connectivity index (χ2n) is 6.99. The van der Waals surface area contributed by atoms with Gasteiger partial charge < -0.3 is 20.1 Å². The number of amides is 1. The summed E-state index contributed by atoms with van der Waals surface area (Å²) in [4.78, 5) is 22.9. The van der Waals surface area contributed by atoms with Gasteiger partial charge in [-0.05, 0) is 42.5 Å². The van der Waals surface area contributed by atoms with Gasteiger partial charge in [-0.15, -0.1) is 8.78 Å². The van der Waals surface area contributed by atoms with E-state index in [-0.39, 0.29) is 5.75 Å². The molecule has 8 nitrogen and oxygen atoms in total. The number of nitrogens with zero attached hydrogens (tertiary/aromatic N) is 3. The van der Waals surface area contributed by atoms with E-state index in [0.29, 0.717) is 30.0 Å². The first-order valence-corrected chi connectivity index (χ1v) is 9.89. The van der Waals surface area contributed by atoms with Crippen LogP contribution in [0.2, 0.25) is 0 Å². The van der Waals surface area contributed by atoms with Crippen LogP contribution in [0.4, 0.5) is 20.2 Å². The van der Waals surface area contributed by atoms with Crippen LogP contribution >= 0.6 is 11.6 Å². The number of halogens is 3. The van der Waals surface area contributed by atoms with Crippen molar-refractivity contribution in [3.05, 3.63) is 66.7 Å². The van der Waals surface area contributed by atoms with Crippen LogP contribution in [0, 0.1) is 0 Å². The average molecular weight is 462 g/mol. The molecule has 2 aromatic carbocycles. The number of carbonyl (C=O) groups excluding carboxylic acids is 1. The van der Waals surface area contributed by atoms with Gasteiger partial charge in [-0.3, -0.25) is 10.1 Å². The molecule has 11 heteroatoms. The van der Waals surface area contributed by atoms with Gasteiger partial charge in [-0.25, -0.2) is 9.97 Å². The van der Waals surface area contributed by atoms with E-state index in [1.807, 2.05) is 4.90 Å². The molecule has 1 aliphatic rings. The lowest BCUT2D eigenvalue weighted by atomic mass is 10.0. The molecule has 1 fully saturated rings. The molecule has 0 spiro atoms. The second-order valence-corrected chi connectivity index (χ2v) is 7.43. The molecule has 1 atom stereocenters. The third-order valence-corrected chi connectivity index (χ3v) is 4.81. The Kier molecular flexibility index (Phi) is 6.17. The topological polar surface area (TPSA) is 99.6 Å². The van der Waals surface area contributed by atoms with Crippen LogP contribution < -0.4 is 20.3 Å². The molecule has 166 valence electrons. The summed E-state index contributed by atoms with van der Waals surface area (Å²) in [5.74, 6) is -0.536.